The lowest BCUT2D eigenvalue weighted by Gasteiger charge is -2.32. The van der Waals surface area contributed by atoms with Crippen LogP contribution in [0.5, 0.6) is 0 Å². The van der Waals surface area contributed by atoms with Crippen LogP contribution in [0.15, 0.2) is 30.3 Å². The summed E-state index contributed by atoms with van der Waals surface area (Å²) in [5.41, 5.74) is 0.0916. The molecule has 1 heterocycles. The minimum absolute atomic E-state index is 0.0913. The SMILES string of the molecule is CC(CCl)(NC(=O)C1CCCCS1(=O)=O)c1ccccc1. The van der Waals surface area contributed by atoms with Gasteiger partial charge in [-0.3, -0.25) is 4.79 Å². The van der Waals surface area contributed by atoms with Gasteiger partial charge in [-0.25, -0.2) is 8.42 Å². The molecule has 0 aliphatic carbocycles. The Balaban J connectivity index is 2.20. The number of nitrogens with one attached hydrogen (secondary N) is 1. The minimum atomic E-state index is -3.34. The third-order valence-corrected chi connectivity index (χ3v) is 6.66. The first-order valence-corrected chi connectivity index (χ1v) is 9.29. The van der Waals surface area contributed by atoms with E-state index in [0.29, 0.717) is 12.8 Å². The third kappa shape index (κ3) is 3.58. The van der Waals surface area contributed by atoms with Gasteiger partial charge in [-0.1, -0.05) is 36.8 Å². The molecular formula is C15H20ClNO3S. The molecule has 1 aliphatic rings. The Hall–Kier alpha value is -1.07. The lowest BCUT2D eigenvalue weighted by atomic mass is 9.93. The first kappa shape index (κ1) is 16.3. The first-order valence-electron chi connectivity index (χ1n) is 7.04. The van der Waals surface area contributed by atoms with E-state index in [0.717, 1.165) is 12.0 Å². The minimum Gasteiger partial charge on any atom is -0.345 e. The number of rotatable bonds is 4. The van der Waals surface area contributed by atoms with Crippen molar-refractivity contribution in [1.29, 1.82) is 0 Å². The Labute approximate surface area is 130 Å². The molecule has 4 nitrogen and oxygen atoms in total. The van der Waals surface area contributed by atoms with Crippen LogP contribution >= 0.6 is 11.6 Å². The van der Waals surface area contributed by atoms with E-state index in [9.17, 15) is 13.2 Å². The second-order valence-corrected chi connectivity index (χ2v) is 8.24. The summed E-state index contributed by atoms with van der Waals surface area (Å²) in [5.74, 6) is -0.175. The summed E-state index contributed by atoms with van der Waals surface area (Å²) in [6.07, 6.45) is 1.79. The number of carbonyl (C=O) groups excluding carboxylic acids is 1. The predicted molar refractivity (Wildman–Crippen MR) is 84.1 cm³/mol. The average Bonchev–Trinajstić information content (AvgIpc) is 2.47. The zero-order valence-electron chi connectivity index (χ0n) is 12.0. The number of benzene rings is 1. The van der Waals surface area contributed by atoms with Crippen LogP contribution < -0.4 is 5.32 Å². The molecule has 1 aliphatic heterocycles. The van der Waals surface area contributed by atoms with Crippen LogP contribution in [0.4, 0.5) is 0 Å². The molecule has 0 saturated carbocycles. The smallest absolute Gasteiger partial charge is 0.239 e. The molecule has 0 spiro atoms. The lowest BCUT2D eigenvalue weighted by Crippen LogP contribution is -2.51. The summed E-state index contributed by atoms with van der Waals surface area (Å²) in [4.78, 5) is 12.4. The highest BCUT2D eigenvalue weighted by Gasteiger charge is 2.38. The van der Waals surface area contributed by atoms with Gasteiger partial charge in [0, 0.05) is 5.88 Å². The van der Waals surface area contributed by atoms with Gasteiger partial charge in [-0.2, -0.15) is 0 Å². The molecule has 1 fully saturated rings. The van der Waals surface area contributed by atoms with Gasteiger partial charge >= 0.3 is 0 Å². The summed E-state index contributed by atoms with van der Waals surface area (Å²) in [7, 11) is -3.34. The van der Waals surface area contributed by atoms with E-state index in [1.807, 2.05) is 37.3 Å². The number of halogens is 1. The van der Waals surface area contributed by atoms with Gasteiger partial charge in [-0.15, -0.1) is 11.6 Å². The molecule has 116 valence electrons. The maximum Gasteiger partial charge on any atom is 0.239 e. The van der Waals surface area contributed by atoms with Gasteiger partial charge in [-0.05, 0) is 25.3 Å². The van der Waals surface area contributed by atoms with E-state index in [1.54, 1.807) is 0 Å². The second-order valence-electron chi connectivity index (χ2n) is 5.67. The summed E-state index contributed by atoms with van der Waals surface area (Å²) in [6.45, 7) is 1.81. The zero-order chi connectivity index (χ0) is 15.5. The van der Waals surface area contributed by atoms with Gasteiger partial charge in [0.1, 0.15) is 5.25 Å². The maximum atomic E-state index is 12.4. The lowest BCUT2D eigenvalue weighted by molar-refractivity contribution is -0.122. The monoisotopic (exact) mass is 329 g/mol. The molecule has 2 unspecified atom stereocenters. The number of amides is 1. The molecule has 2 rings (SSSR count). The fourth-order valence-electron chi connectivity index (χ4n) is 2.59. The Kier molecular flexibility index (Phi) is 4.94. The zero-order valence-corrected chi connectivity index (χ0v) is 13.6. The van der Waals surface area contributed by atoms with Crippen molar-refractivity contribution in [2.75, 3.05) is 11.6 Å². The predicted octanol–water partition coefficient (Wildman–Crippen LogP) is 2.22. The Morgan fingerprint density at radius 1 is 1.33 bits per heavy atom. The van der Waals surface area contributed by atoms with E-state index in [-0.39, 0.29) is 11.6 Å². The van der Waals surface area contributed by atoms with Crippen molar-refractivity contribution in [3.63, 3.8) is 0 Å². The number of sulfone groups is 1. The molecule has 1 N–H and O–H groups in total. The Bertz CT molecular complexity index is 603. The fourth-order valence-corrected chi connectivity index (χ4v) is 4.61. The van der Waals surface area contributed by atoms with Gasteiger partial charge in [0.25, 0.3) is 0 Å². The summed E-state index contributed by atoms with van der Waals surface area (Å²) >= 11 is 6.03. The van der Waals surface area contributed by atoms with E-state index >= 15 is 0 Å². The second kappa shape index (κ2) is 6.36. The van der Waals surface area contributed by atoms with Crippen LogP contribution in [0.2, 0.25) is 0 Å². The molecule has 2 atom stereocenters. The molecule has 1 aromatic rings. The van der Waals surface area contributed by atoms with Gasteiger partial charge in [0.05, 0.1) is 11.3 Å². The highest BCUT2D eigenvalue weighted by Crippen LogP contribution is 2.25. The summed E-state index contributed by atoms with van der Waals surface area (Å²) < 4.78 is 24.1. The fraction of sp³-hybridized carbons (Fsp3) is 0.533. The van der Waals surface area contributed by atoms with Crippen LogP contribution in [0.25, 0.3) is 0 Å². The quantitative estimate of drug-likeness (QED) is 0.861. The number of hydrogen-bond acceptors (Lipinski definition) is 3. The van der Waals surface area contributed by atoms with Gasteiger partial charge in [0.2, 0.25) is 5.91 Å². The molecule has 0 aromatic heterocycles. The van der Waals surface area contributed by atoms with Gasteiger partial charge < -0.3 is 5.32 Å². The van der Waals surface area contributed by atoms with Crippen molar-refractivity contribution in [2.45, 2.75) is 37.0 Å². The van der Waals surface area contributed by atoms with Crippen molar-refractivity contribution in [3.05, 3.63) is 35.9 Å². The molecule has 1 aromatic carbocycles. The number of hydrogen-bond donors (Lipinski definition) is 1. The number of alkyl halides is 1. The third-order valence-electron chi connectivity index (χ3n) is 3.95. The van der Waals surface area contributed by atoms with Crippen LogP contribution in [0.1, 0.15) is 31.7 Å². The van der Waals surface area contributed by atoms with Crippen molar-refractivity contribution in [1.82, 2.24) is 5.32 Å². The molecule has 0 bridgehead atoms. The van der Waals surface area contributed by atoms with Crippen molar-refractivity contribution in [3.8, 4) is 0 Å². The molecule has 21 heavy (non-hydrogen) atoms. The largest absolute Gasteiger partial charge is 0.345 e. The van der Waals surface area contributed by atoms with E-state index in [1.165, 1.54) is 0 Å². The Morgan fingerprint density at radius 3 is 2.57 bits per heavy atom. The van der Waals surface area contributed by atoms with E-state index < -0.39 is 26.5 Å². The average molecular weight is 330 g/mol. The molecule has 0 radical (unpaired) electrons. The van der Waals surface area contributed by atoms with Gasteiger partial charge in [0.15, 0.2) is 9.84 Å². The standard InChI is InChI=1S/C15H20ClNO3S/c1-15(11-16,12-7-3-2-4-8-12)17-14(18)13-9-5-6-10-21(13,19)20/h2-4,7-8,13H,5-6,9-11H2,1H3,(H,17,18). The van der Waals surface area contributed by atoms with Crippen LogP contribution in [0.3, 0.4) is 0 Å². The summed E-state index contributed by atoms with van der Waals surface area (Å²) in [5, 5.41) is 1.89. The molecule has 6 heteroatoms. The topological polar surface area (TPSA) is 63.2 Å². The maximum absolute atomic E-state index is 12.4. The van der Waals surface area contributed by atoms with Crippen LogP contribution in [-0.4, -0.2) is 31.2 Å². The summed E-state index contributed by atoms with van der Waals surface area (Å²) in [6, 6.07) is 9.36. The van der Waals surface area contributed by atoms with E-state index in [2.05, 4.69) is 5.32 Å². The normalized spacial score (nSPS) is 24.0. The van der Waals surface area contributed by atoms with Crippen molar-refractivity contribution in [2.24, 2.45) is 0 Å². The Morgan fingerprint density at radius 2 is 2.00 bits per heavy atom. The highest BCUT2D eigenvalue weighted by atomic mass is 35.5. The van der Waals surface area contributed by atoms with Crippen molar-refractivity contribution >= 4 is 27.3 Å². The highest BCUT2D eigenvalue weighted by molar-refractivity contribution is 7.92. The molecule has 1 saturated heterocycles. The first-order chi connectivity index (χ1) is 9.89. The van der Waals surface area contributed by atoms with Crippen LogP contribution in [0, 0.1) is 0 Å². The number of carbonyl (C=O) groups is 1. The van der Waals surface area contributed by atoms with Crippen molar-refractivity contribution < 1.29 is 13.2 Å². The van der Waals surface area contributed by atoms with E-state index in [4.69, 9.17) is 11.6 Å². The molecular weight excluding hydrogens is 310 g/mol. The van der Waals surface area contributed by atoms with Crippen LogP contribution in [-0.2, 0) is 20.2 Å². The molecule has 1 amide bonds.